The third-order valence-electron chi connectivity index (χ3n) is 4.41. The first-order valence-corrected chi connectivity index (χ1v) is 7.67. The quantitative estimate of drug-likeness (QED) is 0.735. The molecule has 0 N–H and O–H groups in total. The number of carbonyl (C=O) groups excluding carboxylic acids is 2. The molecule has 0 unspecified atom stereocenters. The molecule has 19 heavy (non-hydrogen) atoms. The second kappa shape index (κ2) is 6.92. The van der Waals surface area contributed by atoms with Gasteiger partial charge in [-0.15, -0.1) is 0 Å². The maximum Gasteiger partial charge on any atom is 0.306 e. The molecule has 0 spiro atoms. The number of amides is 1. The molecular weight excluding hydrogens is 242 g/mol. The van der Waals surface area contributed by atoms with Crippen molar-refractivity contribution in [2.45, 2.75) is 64.3 Å². The van der Waals surface area contributed by atoms with Crippen LogP contribution in [0.5, 0.6) is 0 Å². The van der Waals surface area contributed by atoms with Crippen molar-refractivity contribution in [2.75, 3.05) is 13.2 Å². The van der Waals surface area contributed by atoms with Crippen molar-refractivity contribution in [3.05, 3.63) is 0 Å². The molecule has 1 aliphatic carbocycles. The summed E-state index contributed by atoms with van der Waals surface area (Å²) >= 11 is 0. The van der Waals surface area contributed by atoms with E-state index in [2.05, 4.69) is 0 Å². The van der Waals surface area contributed by atoms with E-state index in [4.69, 9.17) is 4.74 Å². The lowest BCUT2D eigenvalue weighted by molar-refractivity contribution is -0.147. The van der Waals surface area contributed by atoms with Gasteiger partial charge in [-0.1, -0.05) is 12.8 Å². The summed E-state index contributed by atoms with van der Waals surface area (Å²) in [5.74, 6) is 0.590. The Kier molecular flexibility index (Phi) is 5.23. The molecule has 2 fully saturated rings. The van der Waals surface area contributed by atoms with Gasteiger partial charge in [-0.05, 0) is 38.5 Å². The number of ether oxygens (including phenoxy) is 1. The Hall–Kier alpha value is -1.06. The smallest absolute Gasteiger partial charge is 0.306 e. The van der Waals surface area contributed by atoms with Gasteiger partial charge in [0.2, 0.25) is 5.91 Å². The highest BCUT2D eigenvalue weighted by atomic mass is 16.5. The van der Waals surface area contributed by atoms with Crippen LogP contribution in [0.25, 0.3) is 0 Å². The number of likely N-dealkylation sites (tertiary alicyclic amines) is 1. The van der Waals surface area contributed by atoms with Crippen LogP contribution < -0.4 is 0 Å². The normalized spacial score (nSPS) is 26.7. The summed E-state index contributed by atoms with van der Waals surface area (Å²) in [7, 11) is 0. The number of esters is 1. The van der Waals surface area contributed by atoms with Gasteiger partial charge in [-0.3, -0.25) is 9.59 Å². The van der Waals surface area contributed by atoms with Crippen LogP contribution in [-0.2, 0) is 14.3 Å². The largest absolute Gasteiger partial charge is 0.466 e. The fourth-order valence-corrected chi connectivity index (χ4v) is 3.52. The standard InChI is InChI=1S/C15H25NO3/c1-2-19-15(18)10-9-14(17)16-11-5-7-12-6-3-4-8-13(12)16/h12-13H,2-11H2,1H3/t12-,13+/m1/s1. The summed E-state index contributed by atoms with van der Waals surface area (Å²) in [4.78, 5) is 25.6. The molecular formula is C15H25NO3. The van der Waals surface area contributed by atoms with Gasteiger partial charge < -0.3 is 9.64 Å². The highest BCUT2D eigenvalue weighted by Gasteiger charge is 2.35. The number of rotatable bonds is 4. The minimum atomic E-state index is -0.256. The van der Waals surface area contributed by atoms with Crippen LogP contribution in [0.1, 0.15) is 58.3 Å². The molecule has 2 atom stereocenters. The molecule has 0 aromatic rings. The van der Waals surface area contributed by atoms with Gasteiger partial charge in [0.25, 0.3) is 0 Å². The number of piperidine rings is 1. The van der Waals surface area contributed by atoms with Crippen LogP contribution in [0.3, 0.4) is 0 Å². The van der Waals surface area contributed by atoms with E-state index in [9.17, 15) is 9.59 Å². The second-order valence-electron chi connectivity index (χ2n) is 5.65. The van der Waals surface area contributed by atoms with Crippen molar-refractivity contribution in [1.82, 2.24) is 4.90 Å². The SMILES string of the molecule is CCOC(=O)CCC(=O)N1CCC[C@H]2CCCC[C@@H]21. The average molecular weight is 267 g/mol. The van der Waals surface area contributed by atoms with Crippen LogP contribution in [-0.4, -0.2) is 36.0 Å². The molecule has 4 nitrogen and oxygen atoms in total. The predicted octanol–water partition coefficient (Wildman–Crippen LogP) is 2.51. The van der Waals surface area contributed by atoms with E-state index in [1.807, 2.05) is 4.90 Å². The van der Waals surface area contributed by atoms with Crippen LogP contribution in [0, 0.1) is 5.92 Å². The van der Waals surface area contributed by atoms with E-state index in [1.165, 1.54) is 25.7 Å². The zero-order valence-corrected chi connectivity index (χ0v) is 11.9. The molecule has 2 aliphatic rings. The summed E-state index contributed by atoms with van der Waals surface area (Å²) in [5.41, 5.74) is 0. The van der Waals surface area contributed by atoms with Crippen molar-refractivity contribution in [2.24, 2.45) is 5.92 Å². The van der Waals surface area contributed by atoms with Crippen molar-refractivity contribution in [1.29, 1.82) is 0 Å². The first-order valence-electron chi connectivity index (χ1n) is 7.67. The second-order valence-corrected chi connectivity index (χ2v) is 5.65. The summed E-state index contributed by atoms with van der Waals surface area (Å²) < 4.78 is 4.88. The molecule has 1 heterocycles. The summed E-state index contributed by atoms with van der Waals surface area (Å²) in [6.45, 7) is 3.06. The van der Waals surface area contributed by atoms with E-state index < -0.39 is 0 Å². The predicted molar refractivity (Wildman–Crippen MR) is 72.6 cm³/mol. The van der Waals surface area contributed by atoms with Gasteiger partial charge in [-0.25, -0.2) is 0 Å². The Balaban J connectivity index is 1.85. The average Bonchev–Trinajstić information content (AvgIpc) is 2.44. The van der Waals surface area contributed by atoms with Crippen molar-refractivity contribution in [3.8, 4) is 0 Å². The third kappa shape index (κ3) is 3.71. The van der Waals surface area contributed by atoms with Gasteiger partial charge in [0.15, 0.2) is 0 Å². The fourth-order valence-electron chi connectivity index (χ4n) is 3.52. The molecule has 0 radical (unpaired) electrons. The number of hydrogen-bond donors (Lipinski definition) is 0. The zero-order valence-electron chi connectivity index (χ0n) is 11.9. The molecule has 108 valence electrons. The van der Waals surface area contributed by atoms with Crippen LogP contribution in [0.15, 0.2) is 0 Å². The van der Waals surface area contributed by atoms with E-state index in [1.54, 1.807) is 6.92 Å². The Bertz CT molecular complexity index is 327. The molecule has 1 amide bonds. The number of carbonyl (C=O) groups is 2. The topological polar surface area (TPSA) is 46.6 Å². The van der Waals surface area contributed by atoms with E-state index in [-0.39, 0.29) is 18.3 Å². The Morgan fingerprint density at radius 2 is 1.84 bits per heavy atom. The van der Waals surface area contributed by atoms with Gasteiger partial charge >= 0.3 is 5.97 Å². The monoisotopic (exact) mass is 267 g/mol. The number of nitrogens with zero attached hydrogens (tertiary/aromatic N) is 1. The first-order chi connectivity index (χ1) is 9.22. The lowest BCUT2D eigenvalue weighted by atomic mass is 9.78. The van der Waals surface area contributed by atoms with Gasteiger partial charge in [0.05, 0.1) is 13.0 Å². The highest BCUT2D eigenvalue weighted by Crippen LogP contribution is 2.35. The molecule has 0 aromatic heterocycles. The van der Waals surface area contributed by atoms with Crippen LogP contribution >= 0.6 is 0 Å². The number of hydrogen-bond acceptors (Lipinski definition) is 3. The molecule has 0 aromatic carbocycles. The van der Waals surface area contributed by atoms with Crippen LogP contribution in [0.2, 0.25) is 0 Å². The molecule has 1 saturated heterocycles. The van der Waals surface area contributed by atoms with E-state index in [0.29, 0.717) is 25.0 Å². The summed E-state index contributed by atoms with van der Waals surface area (Å²) in [6, 6.07) is 0.442. The zero-order chi connectivity index (χ0) is 13.7. The van der Waals surface area contributed by atoms with Gasteiger partial charge in [-0.2, -0.15) is 0 Å². The van der Waals surface area contributed by atoms with Crippen molar-refractivity contribution < 1.29 is 14.3 Å². The maximum atomic E-state index is 12.3. The lowest BCUT2D eigenvalue weighted by Crippen LogP contribution is -2.49. The lowest BCUT2D eigenvalue weighted by Gasteiger charge is -2.44. The highest BCUT2D eigenvalue weighted by molar-refractivity contribution is 5.81. The Labute approximate surface area is 115 Å². The van der Waals surface area contributed by atoms with Gasteiger partial charge in [0.1, 0.15) is 0 Å². The maximum absolute atomic E-state index is 12.3. The minimum Gasteiger partial charge on any atom is -0.466 e. The third-order valence-corrected chi connectivity index (χ3v) is 4.41. The van der Waals surface area contributed by atoms with Crippen molar-refractivity contribution >= 4 is 11.9 Å². The first kappa shape index (κ1) is 14.4. The number of fused-ring (bicyclic) bond motifs is 1. The molecule has 1 aliphatic heterocycles. The molecule has 4 heteroatoms. The minimum absolute atomic E-state index is 0.143. The molecule has 0 bridgehead atoms. The summed E-state index contributed by atoms with van der Waals surface area (Å²) in [6.07, 6.45) is 7.89. The van der Waals surface area contributed by atoms with Crippen LogP contribution in [0.4, 0.5) is 0 Å². The molecule has 2 rings (SSSR count). The molecule has 1 saturated carbocycles. The summed E-state index contributed by atoms with van der Waals surface area (Å²) in [5, 5.41) is 0. The van der Waals surface area contributed by atoms with Gasteiger partial charge in [0, 0.05) is 19.0 Å². The van der Waals surface area contributed by atoms with E-state index in [0.717, 1.165) is 19.4 Å². The fraction of sp³-hybridized carbons (Fsp3) is 0.867. The Morgan fingerprint density at radius 3 is 2.63 bits per heavy atom. The Morgan fingerprint density at radius 1 is 1.11 bits per heavy atom. The van der Waals surface area contributed by atoms with E-state index >= 15 is 0 Å². The van der Waals surface area contributed by atoms with Crippen molar-refractivity contribution in [3.63, 3.8) is 0 Å².